The maximum absolute atomic E-state index is 11.7. The Morgan fingerprint density at radius 2 is 2.06 bits per heavy atom. The molecular formula is C10H14N4O3. The lowest BCUT2D eigenvalue weighted by Gasteiger charge is -2.23. The van der Waals surface area contributed by atoms with Crippen LogP contribution >= 0.6 is 0 Å². The maximum Gasteiger partial charge on any atom is 0.326 e. The fraction of sp³-hybridized carbons (Fsp3) is 0.400. The molecule has 0 aliphatic carbocycles. The lowest BCUT2D eigenvalue weighted by atomic mass is 10.2. The summed E-state index contributed by atoms with van der Waals surface area (Å²) in [5, 5.41) is 11.3. The van der Waals surface area contributed by atoms with E-state index in [2.05, 4.69) is 15.3 Å². The first-order valence-corrected chi connectivity index (χ1v) is 5.10. The van der Waals surface area contributed by atoms with Gasteiger partial charge in [0.15, 0.2) is 0 Å². The number of carbonyl (C=O) groups is 2. The number of amides is 2. The summed E-state index contributed by atoms with van der Waals surface area (Å²) in [5.74, 6) is -0.899. The third-order valence-electron chi connectivity index (χ3n) is 2.24. The second-order valence-electron chi connectivity index (χ2n) is 3.38. The van der Waals surface area contributed by atoms with Crippen LogP contribution in [0.25, 0.3) is 0 Å². The fourth-order valence-corrected chi connectivity index (χ4v) is 1.30. The molecule has 0 fully saturated rings. The van der Waals surface area contributed by atoms with Crippen molar-refractivity contribution in [2.45, 2.75) is 19.4 Å². The summed E-state index contributed by atoms with van der Waals surface area (Å²) in [7, 11) is 1.42. The molecular weight excluding hydrogens is 224 g/mol. The lowest BCUT2D eigenvalue weighted by molar-refractivity contribution is -0.141. The Kier molecular flexibility index (Phi) is 4.38. The van der Waals surface area contributed by atoms with Crippen LogP contribution in [0.15, 0.2) is 18.5 Å². The van der Waals surface area contributed by atoms with Crippen molar-refractivity contribution in [3.63, 3.8) is 0 Å². The Morgan fingerprint density at radius 1 is 1.47 bits per heavy atom. The topological polar surface area (TPSA) is 95.4 Å². The quantitative estimate of drug-likeness (QED) is 0.809. The number of rotatable bonds is 4. The van der Waals surface area contributed by atoms with Crippen LogP contribution in [0.4, 0.5) is 10.7 Å². The highest BCUT2D eigenvalue weighted by atomic mass is 16.4. The van der Waals surface area contributed by atoms with E-state index in [4.69, 9.17) is 5.11 Å². The van der Waals surface area contributed by atoms with E-state index in [0.717, 1.165) is 4.90 Å². The lowest BCUT2D eigenvalue weighted by Crippen LogP contribution is -2.44. The van der Waals surface area contributed by atoms with Gasteiger partial charge in [-0.25, -0.2) is 19.6 Å². The second-order valence-corrected chi connectivity index (χ2v) is 3.38. The molecule has 7 nitrogen and oxygen atoms in total. The third-order valence-corrected chi connectivity index (χ3v) is 2.24. The molecule has 17 heavy (non-hydrogen) atoms. The summed E-state index contributed by atoms with van der Waals surface area (Å²) in [6.45, 7) is 1.70. The number of aliphatic carboxylic acids is 1. The zero-order valence-electron chi connectivity index (χ0n) is 9.62. The largest absolute Gasteiger partial charge is 0.480 e. The van der Waals surface area contributed by atoms with E-state index in [1.54, 1.807) is 13.0 Å². The molecule has 0 aromatic carbocycles. The van der Waals surface area contributed by atoms with Gasteiger partial charge in [0.25, 0.3) is 0 Å². The Bertz CT molecular complexity index is 396. The minimum Gasteiger partial charge on any atom is -0.480 e. The number of likely N-dealkylation sites (N-methyl/N-ethyl adjacent to an activating group) is 1. The van der Waals surface area contributed by atoms with Gasteiger partial charge in [-0.2, -0.15) is 0 Å². The van der Waals surface area contributed by atoms with Gasteiger partial charge < -0.3 is 10.0 Å². The molecule has 1 aromatic rings. The summed E-state index contributed by atoms with van der Waals surface area (Å²) in [6, 6.07) is 0.204. The van der Waals surface area contributed by atoms with E-state index < -0.39 is 18.0 Å². The number of anilines is 1. The van der Waals surface area contributed by atoms with E-state index in [9.17, 15) is 9.59 Å². The van der Waals surface area contributed by atoms with Crippen molar-refractivity contribution in [2.24, 2.45) is 0 Å². The van der Waals surface area contributed by atoms with Gasteiger partial charge in [0.1, 0.15) is 6.04 Å². The first-order valence-electron chi connectivity index (χ1n) is 5.10. The molecule has 1 aromatic heterocycles. The van der Waals surface area contributed by atoms with Crippen molar-refractivity contribution in [1.82, 2.24) is 14.9 Å². The molecule has 2 amide bonds. The molecule has 7 heteroatoms. The molecule has 0 radical (unpaired) electrons. The monoisotopic (exact) mass is 238 g/mol. The number of nitrogens with zero attached hydrogens (tertiary/aromatic N) is 3. The molecule has 0 saturated heterocycles. The smallest absolute Gasteiger partial charge is 0.326 e. The molecule has 1 rings (SSSR count). The van der Waals surface area contributed by atoms with Crippen LogP contribution in [0.2, 0.25) is 0 Å². The van der Waals surface area contributed by atoms with Gasteiger partial charge in [-0.05, 0) is 12.5 Å². The first-order chi connectivity index (χ1) is 8.06. The van der Waals surface area contributed by atoms with Crippen LogP contribution in [0.5, 0.6) is 0 Å². The highest BCUT2D eigenvalue weighted by Crippen LogP contribution is 2.05. The van der Waals surface area contributed by atoms with Crippen molar-refractivity contribution >= 4 is 17.9 Å². The number of carboxylic acid groups (broad SMARTS) is 1. The van der Waals surface area contributed by atoms with Crippen molar-refractivity contribution in [2.75, 3.05) is 12.4 Å². The average molecular weight is 238 g/mol. The Labute approximate surface area is 98.5 Å². The van der Waals surface area contributed by atoms with E-state index in [1.165, 1.54) is 19.4 Å². The number of carboxylic acids is 1. The molecule has 1 unspecified atom stereocenters. The number of hydrogen-bond donors (Lipinski definition) is 2. The van der Waals surface area contributed by atoms with Crippen LogP contribution in [0.1, 0.15) is 13.3 Å². The molecule has 2 N–H and O–H groups in total. The van der Waals surface area contributed by atoms with E-state index in [1.807, 2.05) is 0 Å². The molecule has 0 saturated carbocycles. The highest BCUT2D eigenvalue weighted by molar-refractivity contribution is 5.90. The summed E-state index contributed by atoms with van der Waals surface area (Å²) in [5.41, 5.74) is 0. The molecule has 0 spiro atoms. The standard InChI is InChI=1S/C10H14N4O3/c1-3-7(8(15)16)14(2)10(17)13-9-11-5-4-6-12-9/h4-7H,3H2,1-2H3,(H,15,16)(H,11,12,13,17). The average Bonchev–Trinajstić information content (AvgIpc) is 2.30. The maximum atomic E-state index is 11.7. The predicted octanol–water partition coefficient (Wildman–Crippen LogP) is 0.803. The van der Waals surface area contributed by atoms with Crippen molar-refractivity contribution in [3.8, 4) is 0 Å². The Hall–Kier alpha value is -2.18. The number of aromatic nitrogens is 2. The van der Waals surface area contributed by atoms with Gasteiger partial charge in [0.2, 0.25) is 5.95 Å². The molecule has 0 bridgehead atoms. The van der Waals surface area contributed by atoms with Crippen LogP contribution in [-0.4, -0.2) is 45.1 Å². The van der Waals surface area contributed by atoms with Gasteiger partial charge in [-0.3, -0.25) is 5.32 Å². The van der Waals surface area contributed by atoms with E-state index >= 15 is 0 Å². The summed E-state index contributed by atoms with van der Waals surface area (Å²) < 4.78 is 0. The molecule has 1 heterocycles. The van der Waals surface area contributed by atoms with Crippen molar-refractivity contribution in [3.05, 3.63) is 18.5 Å². The molecule has 1 atom stereocenters. The predicted molar refractivity (Wildman–Crippen MR) is 60.5 cm³/mol. The second kappa shape index (κ2) is 5.78. The van der Waals surface area contributed by atoms with Gasteiger partial charge in [0, 0.05) is 19.4 Å². The van der Waals surface area contributed by atoms with Crippen LogP contribution < -0.4 is 5.32 Å². The number of urea groups is 1. The van der Waals surface area contributed by atoms with Gasteiger partial charge in [-0.1, -0.05) is 6.92 Å². The zero-order chi connectivity index (χ0) is 12.8. The van der Waals surface area contributed by atoms with Gasteiger partial charge in [-0.15, -0.1) is 0 Å². The molecule has 92 valence electrons. The SMILES string of the molecule is CCC(C(=O)O)N(C)C(=O)Nc1ncccn1. The zero-order valence-corrected chi connectivity index (χ0v) is 9.62. The Morgan fingerprint density at radius 3 is 2.53 bits per heavy atom. The van der Waals surface area contributed by atoms with Crippen LogP contribution in [0.3, 0.4) is 0 Å². The minimum atomic E-state index is -1.04. The minimum absolute atomic E-state index is 0.143. The van der Waals surface area contributed by atoms with Crippen LogP contribution in [0, 0.1) is 0 Å². The van der Waals surface area contributed by atoms with Gasteiger partial charge >= 0.3 is 12.0 Å². The summed E-state index contributed by atoms with van der Waals surface area (Å²) in [4.78, 5) is 31.3. The first kappa shape index (κ1) is 12.9. The summed E-state index contributed by atoms with van der Waals surface area (Å²) >= 11 is 0. The third kappa shape index (κ3) is 3.40. The van der Waals surface area contributed by atoms with Crippen LogP contribution in [-0.2, 0) is 4.79 Å². The van der Waals surface area contributed by atoms with Crippen molar-refractivity contribution in [1.29, 1.82) is 0 Å². The number of hydrogen-bond acceptors (Lipinski definition) is 4. The normalized spacial score (nSPS) is 11.6. The number of nitrogens with one attached hydrogen (secondary N) is 1. The Balaban J connectivity index is 2.67. The summed E-state index contributed by atoms with van der Waals surface area (Å²) in [6.07, 6.45) is 3.29. The fourth-order valence-electron chi connectivity index (χ4n) is 1.30. The molecule has 0 aliphatic heterocycles. The number of carbonyl (C=O) groups excluding carboxylic acids is 1. The molecule has 0 aliphatic rings. The van der Waals surface area contributed by atoms with E-state index in [0.29, 0.717) is 6.42 Å². The highest BCUT2D eigenvalue weighted by Gasteiger charge is 2.24. The van der Waals surface area contributed by atoms with Crippen molar-refractivity contribution < 1.29 is 14.7 Å². The van der Waals surface area contributed by atoms with E-state index in [-0.39, 0.29) is 5.95 Å². The van der Waals surface area contributed by atoms with Gasteiger partial charge in [0.05, 0.1) is 0 Å².